The maximum atomic E-state index is 11.9. The molecule has 3 N–H and O–H groups in total. The van der Waals surface area contributed by atoms with Crippen molar-refractivity contribution in [3.05, 3.63) is 18.0 Å². The first-order chi connectivity index (χ1) is 8.77. The molecule has 6 heteroatoms. The van der Waals surface area contributed by atoms with Crippen LogP contribution in [0.3, 0.4) is 0 Å². The number of aryl methyl sites for hydroxylation is 1. The molecule has 0 bridgehead atoms. The van der Waals surface area contributed by atoms with Crippen LogP contribution in [0.5, 0.6) is 0 Å². The summed E-state index contributed by atoms with van der Waals surface area (Å²) in [7, 11) is 0. The van der Waals surface area contributed by atoms with Crippen LogP contribution in [-0.4, -0.2) is 28.2 Å². The first kappa shape index (κ1) is 15.1. The number of rotatable bonds is 6. The van der Waals surface area contributed by atoms with Gasteiger partial charge in [0, 0.05) is 12.7 Å². The van der Waals surface area contributed by atoms with E-state index in [4.69, 9.17) is 15.6 Å². The summed E-state index contributed by atoms with van der Waals surface area (Å²) in [5, 5.41) is 8.95. The zero-order valence-corrected chi connectivity index (χ0v) is 11.5. The highest BCUT2D eigenvalue weighted by Gasteiger charge is 2.29. The number of carboxylic acids is 1. The van der Waals surface area contributed by atoms with E-state index in [2.05, 4.69) is 0 Å². The van der Waals surface area contributed by atoms with Crippen LogP contribution in [-0.2, 0) is 16.1 Å². The van der Waals surface area contributed by atoms with E-state index in [-0.39, 0.29) is 6.61 Å². The topological polar surface area (TPSA) is 94.5 Å². The van der Waals surface area contributed by atoms with E-state index < -0.39 is 17.4 Å². The lowest BCUT2D eigenvalue weighted by molar-refractivity contribution is -0.149. The van der Waals surface area contributed by atoms with Gasteiger partial charge in [0.05, 0.1) is 11.1 Å². The number of aromatic nitrogens is 1. The number of nitrogens with two attached hydrogens (primary N) is 1. The highest BCUT2D eigenvalue weighted by molar-refractivity contribution is 5.89. The quantitative estimate of drug-likeness (QED) is 0.766. The maximum Gasteiger partial charge on any atom is 0.355 e. The van der Waals surface area contributed by atoms with E-state index in [1.54, 1.807) is 10.8 Å². The van der Waals surface area contributed by atoms with Crippen molar-refractivity contribution < 1.29 is 19.4 Å². The second kappa shape index (κ2) is 5.77. The van der Waals surface area contributed by atoms with Gasteiger partial charge in [0.1, 0.15) is 12.3 Å². The molecule has 0 aliphatic carbocycles. The second-order valence-corrected chi connectivity index (χ2v) is 5.12. The first-order valence-corrected chi connectivity index (χ1v) is 6.14. The van der Waals surface area contributed by atoms with Gasteiger partial charge in [0.25, 0.3) is 0 Å². The van der Waals surface area contributed by atoms with Crippen LogP contribution >= 0.6 is 0 Å². The normalized spacial score (nSPS) is 11.3. The van der Waals surface area contributed by atoms with Crippen LogP contribution in [0.4, 0.5) is 5.69 Å². The fourth-order valence-electron chi connectivity index (χ4n) is 1.51. The van der Waals surface area contributed by atoms with Gasteiger partial charge < -0.3 is 20.1 Å². The fourth-order valence-corrected chi connectivity index (χ4v) is 1.51. The van der Waals surface area contributed by atoms with Gasteiger partial charge in [-0.15, -0.1) is 0 Å². The summed E-state index contributed by atoms with van der Waals surface area (Å²) in [5.74, 6) is -1.57. The predicted octanol–water partition coefficient (Wildman–Crippen LogP) is 1.75. The third kappa shape index (κ3) is 3.74. The summed E-state index contributed by atoms with van der Waals surface area (Å²) in [4.78, 5) is 22.9. The lowest BCUT2D eigenvalue weighted by Gasteiger charge is -2.18. The van der Waals surface area contributed by atoms with Crippen molar-refractivity contribution in [2.75, 3.05) is 12.3 Å². The van der Waals surface area contributed by atoms with Crippen molar-refractivity contribution in [3.8, 4) is 0 Å². The van der Waals surface area contributed by atoms with E-state index in [0.717, 1.165) is 6.42 Å². The Labute approximate surface area is 112 Å². The first-order valence-electron chi connectivity index (χ1n) is 6.14. The Hall–Kier alpha value is -1.98. The summed E-state index contributed by atoms with van der Waals surface area (Å²) in [6, 6.07) is 1.53. The third-order valence-electron chi connectivity index (χ3n) is 2.73. The van der Waals surface area contributed by atoms with Gasteiger partial charge in [0.2, 0.25) is 0 Å². The lowest BCUT2D eigenvalue weighted by atomic mass is 9.95. The minimum Gasteiger partial charge on any atom is -0.481 e. The van der Waals surface area contributed by atoms with Gasteiger partial charge in [-0.1, -0.05) is 6.92 Å². The number of hydrogen-bond donors (Lipinski definition) is 2. The van der Waals surface area contributed by atoms with E-state index in [1.165, 1.54) is 19.9 Å². The van der Waals surface area contributed by atoms with Gasteiger partial charge in [0.15, 0.2) is 0 Å². The minimum absolute atomic E-state index is 0.182. The fraction of sp³-hybridized carbons (Fsp3) is 0.538. The van der Waals surface area contributed by atoms with E-state index in [1.807, 2.05) is 6.92 Å². The Morgan fingerprint density at radius 1 is 1.47 bits per heavy atom. The van der Waals surface area contributed by atoms with Crippen LogP contribution < -0.4 is 5.73 Å². The number of esters is 1. The molecule has 19 heavy (non-hydrogen) atoms. The standard InChI is InChI=1S/C13H20N2O4/c1-4-5-15-7-9(14)6-10(15)11(16)19-8-13(2,3)12(17)18/h6-7H,4-5,8,14H2,1-3H3,(H,17,18). The Morgan fingerprint density at radius 2 is 2.11 bits per heavy atom. The molecule has 0 atom stereocenters. The summed E-state index contributed by atoms with van der Waals surface area (Å²) >= 11 is 0. The second-order valence-electron chi connectivity index (χ2n) is 5.12. The average Bonchev–Trinajstić information content (AvgIpc) is 2.68. The molecule has 0 saturated heterocycles. The van der Waals surface area contributed by atoms with E-state index in [9.17, 15) is 9.59 Å². The molecule has 0 aliphatic rings. The monoisotopic (exact) mass is 268 g/mol. The van der Waals surface area contributed by atoms with Gasteiger partial charge >= 0.3 is 11.9 Å². The minimum atomic E-state index is -1.11. The summed E-state index contributed by atoms with van der Waals surface area (Å²) in [6.45, 7) is 5.46. The van der Waals surface area contributed by atoms with E-state index in [0.29, 0.717) is 17.9 Å². The molecular formula is C13H20N2O4. The Morgan fingerprint density at radius 3 is 2.63 bits per heavy atom. The molecule has 1 aromatic rings. The molecule has 106 valence electrons. The van der Waals surface area contributed by atoms with Crippen molar-refractivity contribution in [1.29, 1.82) is 0 Å². The molecule has 0 radical (unpaired) electrons. The zero-order chi connectivity index (χ0) is 14.6. The van der Waals surface area contributed by atoms with Crippen LogP contribution in [0.25, 0.3) is 0 Å². The number of hydrogen-bond acceptors (Lipinski definition) is 4. The molecule has 0 aromatic carbocycles. The van der Waals surface area contributed by atoms with Crippen molar-refractivity contribution in [3.63, 3.8) is 0 Å². The van der Waals surface area contributed by atoms with Crippen molar-refractivity contribution in [2.45, 2.75) is 33.7 Å². The number of ether oxygens (including phenoxy) is 1. The molecule has 1 aromatic heterocycles. The predicted molar refractivity (Wildman–Crippen MR) is 70.8 cm³/mol. The number of carbonyl (C=O) groups is 2. The van der Waals surface area contributed by atoms with Crippen LogP contribution in [0, 0.1) is 5.41 Å². The largest absolute Gasteiger partial charge is 0.481 e. The Balaban J connectivity index is 2.76. The summed E-state index contributed by atoms with van der Waals surface area (Å²) in [5.41, 5.74) is 5.38. The number of carboxylic acid groups (broad SMARTS) is 1. The number of carbonyl (C=O) groups excluding carboxylic acids is 1. The van der Waals surface area contributed by atoms with Gasteiger partial charge in [-0.25, -0.2) is 4.79 Å². The van der Waals surface area contributed by atoms with Gasteiger partial charge in [-0.3, -0.25) is 4.79 Å². The molecule has 0 saturated carbocycles. The van der Waals surface area contributed by atoms with Crippen LogP contribution in [0.2, 0.25) is 0 Å². The van der Waals surface area contributed by atoms with Crippen molar-refractivity contribution in [1.82, 2.24) is 4.57 Å². The molecule has 0 amide bonds. The lowest BCUT2D eigenvalue weighted by Crippen LogP contribution is -2.30. The van der Waals surface area contributed by atoms with Gasteiger partial charge in [-0.05, 0) is 26.3 Å². The number of nitrogens with zero attached hydrogens (tertiary/aromatic N) is 1. The number of aliphatic carboxylic acids is 1. The Bertz CT molecular complexity index is 477. The van der Waals surface area contributed by atoms with Gasteiger partial charge in [-0.2, -0.15) is 0 Å². The van der Waals surface area contributed by atoms with Crippen molar-refractivity contribution >= 4 is 17.6 Å². The average molecular weight is 268 g/mol. The molecule has 1 rings (SSSR count). The molecule has 6 nitrogen and oxygen atoms in total. The molecular weight excluding hydrogens is 248 g/mol. The molecule has 1 heterocycles. The maximum absolute atomic E-state index is 11.9. The van der Waals surface area contributed by atoms with Crippen molar-refractivity contribution in [2.24, 2.45) is 5.41 Å². The summed E-state index contributed by atoms with van der Waals surface area (Å²) < 4.78 is 6.77. The Kier molecular flexibility index (Phi) is 4.58. The van der Waals surface area contributed by atoms with Crippen LogP contribution in [0.15, 0.2) is 12.3 Å². The number of nitrogen functional groups attached to an aromatic ring is 1. The highest BCUT2D eigenvalue weighted by Crippen LogP contribution is 2.18. The van der Waals surface area contributed by atoms with Crippen LogP contribution in [0.1, 0.15) is 37.7 Å². The molecule has 0 fully saturated rings. The number of anilines is 1. The third-order valence-corrected chi connectivity index (χ3v) is 2.73. The highest BCUT2D eigenvalue weighted by atomic mass is 16.5. The SMILES string of the molecule is CCCn1cc(N)cc1C(=O)OCC(C)(C)C(=O)O. The molecule has 0 aliphatic heterocycles. The molecule has 0 spiro atoms. The smallest absolute Gasteiger partial charge is 0.355 e. The molecule has 0 unspecified atom stereocenters. The summed E-state index contributed by atoms with van der Waals surface area (Å²) in [6.07, 6.45) is 2.53. The van der Waals surface area contributed by atoms with E-state index >= 15 is 0 Å². The zero-order valence-electron chi connectivity index (χ0n) is 11.5.